The summed E-state index contributed by atoms with van der Waals surface area (Å²) in [6, 6.07) is 0. The van der Waals surface area contributed by atoms with Gasteiger partial charge in [0.1, 0.15) is 67.1 Å². The van der Waals surface area contributed by atoms with Crippen molar-refractivity contribution in [2.45, 2.75) is 254 Å². The quantitative estimate of drug-likeness (QED) is 0.0236. The lowest BCUT2D eigenvalue weighted by Crippen LogP contribution is -2.61. The molecule has 0 spiro atoms. The molecule has 0 aromatic carbocycles. The Morgan fingerprint density at radius 1 is 0.400 bits per heavy atom. The summed E-state index contributed by atoms with van der Waals surface area (Å²) in [6.45, 7) is -1.09. The van der Waals surface area contributed by atoms with Crippen LogP contribution in [0, 0.1) is 0 Å². The second-order valence-electron chi connectivity index (χ2n) is 20.2. The Kier molecular flexibility index (Phi) is 42.0. The highest BCUT2D eigenvalue weighted by Gasteiger charge is 2.48. The van der Waals surface area contributed by atoms with Gasteiger partial charge in [0.15, 0.2) is 40.8 Å². The average Bonchev–Trinajstić information content (AvgIpc) is 3.44. The zero-order valence-corrected chi connectivity index (χ0v) is 46.9. The third kappa shape index (κ3) is 28.7. The molecule has 19 N–H and O–H groups in total. The lowest BCUT2D eigenvalue weighted by Gasteiger charge is -2.43. The van der Waals surface area contributed by atoms with Crippen molar-refractivity contribution in [3.05, 3.63) is 34.6 Å². The maximum atomic E-state index is 11.4. The molecule has 1 saturated heterocycles. The van der Waals surface area contributed by atoms with E-state index in [0.29, 0.717) is 25.7 Å². The zero-order valence-electron chi connectivity index (χ0n) is 46.9. The average molecular weight is 1170 g/mol. The number of aliphatic hydroxyl groups excluding tert-OH is 19. The molecule has 0 aliphatic carbocycles. The Bertz CT molecular complexity index is 1640. The number of hydrogen-bond donors (Lipinski definition) is 19. The number of ether oxygens (including phenoxy) is 7. The molecule has 1 aliphatic rings. The van der Waals surface area contributed by atoms with Crippen LogP contribution in [0.2, 0.25) is 0 Å². The van der Waals surface area contributed by atoms with Gasteiger partial charge in [-0.2, -0.15) is 0 Å². The fourth-order valence-corrected chi connectivity index (χ4v) is 8.65. The van der Waals surface area contributed by atoms with Crippen molar-refractivity contribution < 1.29 is 130 Å². The van der Waals surface area contributed by atoms with E-state index in [2.05, 4.69) is 13.8 Å². The van der Waals surface area contributed by atoms with E-state index in [4.69, 9.17) is 33.2 Å². The second kappa shape index (κ2) is 44.7. The molecule has 0 bridgehead atoms. The summed E-state index contributed by atoms with van der Waals surface area (Å²) in [5.74, 6) is -7.74. The van der Waals surface area contributed by atoms with E-state index in [9.17, 15) is 97.0 Å². The molecular weight excluding hydrogens is 1060 g/mol. The smallest absolute Gasteiger partial charge is 0.217 e. The van der Waals surface area contributed by atoms with Crippen LogP contribution >= 0.6 is 0 Å². The molecule has 15 atom stereocenters. The molecule has 0 saturated carbocycles. The van der Waals surface area contributed by atoms with Gasteiger partial charge in [-0.1, -0.05) is 129 Å². The number of unbranched alkanes of at least 4 members (excludes halogenated alkanes) is 18. The van der Waals surface area contributed by atoms with Crippen LogP contribution in [-0.4, -0.2) is 242 Å². The first-order valence-corrected chi connectivity index (χ1v) is 28.6. The van der Waals surface area contributed by atoms with Crippen molar-refractivity contribution in [1.29, 1.82) is 0 Å². The molecule has 1 heterocycles. The lowest BCUT2D eigenvalue weighted by atomic mass is 9.98. The first-order chi connectivity index (χ1) is 38.3. The lowest BCUT2D eigenvalue weighted by molar-refractivity contribution is -0.330. The fraction of sp³-hybridized carbons (Fsp3) is 0.889. The summed E-state index contributed by atoms with van der Waals surface area (Å²) in [5.41, 5.74) is 0. The van der Waals surface area contributed by atoms with Crippen molar-refractivity contribution in [2.24, 2.45) is 0 Å². The minimum Gasteiger partial charge on any atom is -0.506 e. The summed E-state index contributed by atoms with van der Waals surface area (Å²) in [7, 11) is 0. The monoisotopic (exact) mass is 1170 g/mol. The number of hydrogen-bond acceptors (Lipinski definition) is 26. The highest BCUT2D eigenvalue weighted by Crippen LogP contribution is 2.29. The van der Waals surface area contributed by atoms with Crippen LogP contribution in [-0.2, 0) is 33.2 Å². The summed E-state index contributed by atoms with van der Waals surface area (Å²) in [5, 5.41) is 200. The fourth-order valence-electron chi connectivity index (χ4n) is 8.65. The normalized spacial score (nSPS) is 22.8. The third-order valence-corrected chi connectivity index (χ3v) is 13.6. The van der Waals surface area contributed by atoms with E-state index in [0.717, 1.165) is 103 Å². The SMILES string of the molecule is CCCCCCCCCCCCO[C@H]([C@@H](OCCCCCCCCCCCC)[C@H](CO[C@H](O)/C(O)=C(\O)[C@H](O)CCO)O[C@H](O)/C(O)=C(/O)[C@H](O)CCO)[C@H](CO[C@H](O)/C(O)=C(/O)[C@H](O)CCO)O[C@@H]1OC(CO)[C@@H](O)C(O)C1O. The Morgan fingerprint density at radius 2 is 0.738 bits per heavy atom. The van der Waals surface area contributed by atoms with Crippen molar-refractivity contribution in [2.75, 3.05) is 52.9 Å². The summed E-state index contributed by atoms with van der Waals surface area (Å²) >= 11 is 0. The minimum absolute atomic E-state index is 0.173. The Hall–Kier alpha value is -2.78. The van der Waals surface area contributed by atoms with Gasteiger partial charge in [-0.05, 0) is 12.8 Å². The molecule has 0 aromatic rings. The predicted molar refractivity (Wildman–Crippen MR) is 287 cm³/mol. The van der Waals surface area contributed by atoms with Gasteiger partial charge in [-0.25, -0.2) is 0 Å². The van der Waals surface area contributed by atoms with Crippen molar-refractivity contribution in [3.8, 4) is 0 Å². The molecule has 0 radical (unpaired) electrons. The maximum Gasteiger partial charge on any atom is 0.217 e. The molecule has 1 fully saturated rings. The Balaban J connectivity index is 4.19. The van der Waals surface area contributed by atoms with Crippen LogP contribution in [0.25, 0.3) is 0 Å². The molecule has 26 nitrogen and oxygen atoms in total. The van der Waals surface area contributed by atoms with Gasteiger partial charge in [-0.15, -0.1) is 0 Å². The highest BCUT2D eigenvalue weighted by molar-refractivity contribution is 5.08. The topological polar surface area (TPSA) is 449 Å². The second-order valence-corrected chi connectivity index (χ2v) is 20.2. The molecule has 26 heteroatoms. The highest BCUT2D eigenvalue weighted by atomic mass is 16.7. The third-order valence-electron chi connectivity index (χ3n) is 13.6. The van der Waals surface area contributed by atoms with E-state index in [1.807, 2.05) is 0 Å². The molecule has 0 amide bonds. The molecule has 3 unspecified atom stereocenters. The molecule has 0 aromatic heterocycles. The number of aliphatic hydroxyl groups is 19. The summed E-state index contributed by atoms with van der Waals surface area (Å²) in [6.07, 6.45) is -13.7. The zero-order chi connectivity index (χ0) is 60.0. The van der Waals surface area contributed by atoms with Crippen LogP contribution in [0.3, 0.4) is 0 Å². The summed E-state index contributed by atoms with van der Waals surface area (Å²) in [4.78, 5) is 0. The van der Waals surface area contributed by atoms with Crippen LogP contribution in [0.15, 0.2) is 34.6 Å². The van der Waals surface area contributed by atoms with E-state index in [1.54, 1.807) is 0 Å². The van der Waals surface area contributed by atoms with Crippen LogP contribution < -0.4 is 0 Å². The van der Waals surface area contributed by atoms with Gasteiger partial charge in [0.05, 0.1) is 19.8 Å². The van der Waals surface area contributed by atoms with Crippen molar-refractivity contribution in [3.63, 3.8) is 0 Å². The first kappa shape index (κ1) is 75.2. The van der Waals surface area contributed by atoms with Crippen molar-refractivity contribution in [1.82, 2.24) is 0 Å². The Morgan fingerprint density at radius 3 is 1.10 bits per heavy atom. The molecule has 80 heavy (non-hydrogen) atoms. The predicted octanol–water partition coefficient (Wildman–Crippen LogP) is 2.37. The van der Waals surface area contributed by atoms with Gasteiger partial charge in [0, 0.05) is 52.3 Å². The molecular formula is C54H102O26. The van der Waals surface area contributed by atoms with Gasteiger partial charge < -0.3 is 130 Å². The van der Waals surface area contributed by atoms with Crippen molar-refractivity contribution >= 4 is 0 Å². The minimum atomic E-state index is -2.64. The van der Waals surface area contributed by atoms with Gasteiger partial charge in [0.25, 0.3) is 0 Å². The van der Waals surface area contributed by atoms with Gasteiger partial charge in [0.2, 0.25) is 18.9 Å². The molecule has 1 aliphatic heterocycles. The molecule has 1 rings (SSSR count). The number of rotatable bonds is 50. The van der Waals surface area contributed by atoms with Crippen LogP contribution in [0.4, 0.5) is 0 Å². The van der Waals surface area contributed by atoms with Gasteiger partial charge in [-0.3, -0.25) is 0 Å². The van der Waals surface area contributed by atoms with Crippen LogP contribution in [0.5, 0.6) is 0 Å². The summed E-state index contributed by atoms with van der Waals surface area (Å²) < 4.78 is 42.0. The van der Waals surface area contributed by atoms with Gasteiger partial charge >= 0.3 is 0 Å². The Labute approximate surface area is 470 Å². The van der Waals surface area contributed by atoms with E-state index >= 15 is 0 Å². The molecule has 474 valence electrons. The van der Waals surface area contributed by atoms with E-state index in [-0.39, 0.29) is 13.2 Å². The van der Waals surface area contributed by atoms with E-state index < -0.39 is 186 Å². The first-order valence-electron chi connectivity index (χ1n) is 28.6. The standard InChI is InChI=1S/C54H102O26/c1-3-5-7-9-11-13-15-17-19-21-29-74-49(38(78-53(73)47(69)42(64)36(61)25-28-57)32-76-51(71)45(67)40(62)34(59)23-26-55)50(75-30-22-20-18-16-14-12-10-8-6-4-2)39(33-77-52(72)46(68)41(63)35(60)24-27-56)80-54-48(70)44(66)43(65)37(31-58)79-54/h34-39,43-44,48-73H,3-33H2,1-2H3/b45-40+,46-41-,47-42-/t34-,35-,36-,37?,38+,39+,43-,44?,48?,49+,50+,51+,52+,53+,54+/m1/s1. The van der Waals surface area contributed by atoms with E-state index in [1.165, 1.54) is 0 Å². The van der Waals surface area contributed by atoms with Crippen LogP contribution in [0.1, 0.15) is 162 Å². The largest absolute Gasteiger partial charge is 0.506 e. The maximum absolute atomic E-state index is 11.4.